The summed E-state index contributed by atoms with van der Waals surface area (Å²) in [6.45, 7) is 0.983. The second-order valence-electron chi connectivity index (χ2n) is 6.97. The summed E-state index contributed by atoms with van der Waals surface area (Å²) in [5.74, 6) is 0.0272. The predicted molar refractivity (Wildman–Crippen MR) is 102 cm³/mol. The molecule has 1 N–H and O–H groups in total. The predicted octanol–water partition coefficient (Wildman–Crippen LogP) is 2.39. The van der Waals surface area contributed by atoms with E-state index in [9.17, 15) is 14.0 Å². The molecular weight excluding hydrogens is 361 g/mol. The lowest BCUT2D eigenvalue weighted by atomic mass is 9.97. The molecule has 0 bridgehead atoms. The zero-order valence-corrected chi connectivity index (χ0v) is 15.4. The lowest BCUT2D eigenvalue weighted by Crippen LogP contribution is -2.52. The highest BCUT2D eigenvalue weighted by atomic mass is 19.1. The van der Waals surface area contributed by atoms with E-state index in [0.29, 0.717) is 48.5 Å². The third kappa shape index (κ3) is 3.35. The van der Waals surface area contributed by atoms with Gasteiger partial charge in [-0.3, -0.25) is 14.6 Å². The summed E-state index contributed by atoms with van der Waals surface area (Å²) < 4.78 is 18.3. The van der Waals surface area contributed by atoms with E-state index in [2.05, 4.69) is 10.3 Å². The monoisotopic (exact) mass is 381 g/mol. The fourth-order valence-corrected chi connectivity index (χ4v) is 3.60. The van der Waals surface area contributed by atoms with Crippen LogP contribution in [-0.2, 0) is 4.79 Å². The van der Waals surface area contributed by atoms with Crippen LogP contribution in [0.25, 0.3) is 0 Å². The van der Waals surface area contributed by atoms with E-state index in [1.54, 1.807) is 48.4 Å². The molecule has 1 fully saturated rings. The van der Waals surface area contributed by atoms with E-state index in [1.807, 2.05) is 0 Å². The van der Waals surface area contributed by atoms with Crippen LogP contribution in [0.1, 0.15) is 28.8 Å². The van der Waals surface area contributed by atoms with E-state index in [4.69, 9.17) is 4.74 Å². The Bertz CT molecular complexity index is 930. The van der Waals surface area contributed by atoms with E-state index >= 15 is 0 Å². The van der Waals surface area contributed by atoms with Crippen molar-refractivity contribution in [3.05, 3.63) is 65.5 Å². The molecule has 0 unspecified atom stereocenters. The smallest absolute Gasteiger partial charge is 0.272 e. The zero-order valence-electron chi connectivity index (χ0n) is 15.4. The van der Waals surface area contributed by atoms with Gasteiger partial charge in [0.1, 0.15) is 22.9 Å². The minimum atomic E-state index is -0.697. The molecule has 2 aromatic carbocycles. The summed E-state index contributed by atoms with van der Waals surface area (Å²) in [6.07, 6.45) is 1.07. The average molecular weight is 381 g/mol. The van der Waals surface area contributed by atoms with Crippen molar-refractivity contribution in [1.29, 1.82) is 0 Å². The van der Waals surface area contributed by atoms with Crippen molar-refractivity contribution in [2.24, 2.45) is 4.99 Å². The Morgan fingerprint density at radius 1 is 1.11 bits per heavy atom. The Hall–Kier alpha value is -3.22. The second kappa shape index (κ2) is 7.07. The van der Waals surface area contributed by atoms with Crippen LogP contribution in [0.5, 0.6) is 5.75 Å². The fourth-order valence-electron chi connectivity index (χ4n) is 3.60. The van der Waals surface area contributed by atoms with Crippen molar-refractivity contribution in [1.82, 2.24) is 10.2 Å². The number of methoxy groups -OCH3 is 1. The number of rotatable bonds is 3. The summed E-state index contributed by atoms with van der Waals surface area (Å²) in [7, 11) is 1.58. The number of amides is 2. The minimum absolute atomic E-state index is 0.0513. The van der Waals surface area contributed by atoms with Gasteiger partial charge in [-0.2, -0.15) is 0 Å². The molecule has 28 heavy (non-hydrogen) atoms. The molecular formula is C21H20FN3O3. The molecule has 144 valence electrons. The molecule has 1 spiro atoms. The summed E-state index contributed by atoms with van der Waals surface area (Å²) in [5.41, 5.74) is 0.808. The van der Waals surface area contributed by atoms with E-state index in [-0.39, 0.29) is 17.6 Å². The molecule has 7 heteroatoms. The van der Waals surface area contributed by atoms with Crippen LogP contribution in [0.2, 0.25) is 0 Å². The maximum Gasteiger partial charge on any atom is 0.272 e. The van der Waals surface area contributed by atoms with Crippen LogP contribution in [-0.4, -0.2) is 48.3 Å². The van der Waals surface area contributed by atoms with Gasteiger partial charge in [0.05, 0.1) is 7.11 Å². The number of likely N-dealkylation sites (tertiary alicyclic amines) is 1. The summed E-state index contributed by atoms with van der Waals surface area (Å²) in [5, 5.41) is 2.96. The van der Waals surface area contributed by atoms with Gasteiger partial charge in [0.15, 0.2) is 0 Å². The van der Waals surface area contributed by atoms with Crippen molar-refractivity contribution < 1.29 is 18.7 Å². The number of carbonyl (C=O) groups is 2. The lowest BCUT2D eigenvalue weighted by Gasteiger charge is -2.37. The van der Waals surface area contributed by atoms with Crippen molar-refractivity contribution in [2.45, 2.75) is 18.5 Å². The minimum Gasteiger partial charge on any atom is -0.497 e. The Kier molecular flexibility index (Phi) is 4.58. The quantitative estimate of drug-likeness (QED) is 0.888. The molecule has 2 aromatic rings. The first-order valence-electron chi connectivity index (χ1n) is 9.11. The first-order chi connectivity index (χ1) is 13.5. The Morgan fingerprint density at radius 3 is 2.36 bits per heavy atom. The van der Waals surface area contributed by atoms with E-state index in [1.165, 1.54) is 12.1 Å². The summed E-state index contributed by atoms with van der Waals surface area (Å²) in [4.78, 5) is 31.5. The third-order valence-electron chi connectivity index (χ3n) is 5.22. The molecule has 0 aromatic heterocycles. The van der Waals surface area contributed by atoms with Gasteiger partial charge >= 0.3 is 0 Å². The largest absolute Gasteiger partial charge is 0.497 e. The van der Waals surface area contributed by atoms with Gasteiger partial charge in [-0.1, -0.05) is 0 Å². The number of benzene rings is 2. The average Bonchev–Trinajstić information content (AvgIpc) is 3.04. The van der Waals surface area contributed by atoms with Crippen LogP contribution in [0, 0.1) is 5.82 Å². The molecule has 2 aliphatic heterocycles. The number of halogens is 1. The maximum atomic E-state index is 13.1. The number of carbonyl (C=O) groups excluding carboxylic acids is 2. The molecule has 0 saturated carbocycles. The third-order valence-corrected chi connectivity index (χ3v) is 5.22. The molecule has 6 nitrogen and oxygen atoms in total. The highest BCUT2D eigenvalue weighted by Gasteiger charge is 2.42. The number of hydrogen-bond donors (Lipinski definition) is 1. The molecule has 0 atom stereocenters. The van der Waals surface area contributed by atoms with Gasteiger partial charge in [-0.25, -0.2) is 4.39 Å². The molecule has 0 radical (unpaired) electrons. The normalized spacial score (nSPS) is 18.0. The van der Waals surface area contributed by atoms with E-state index in [0.717, 1.165) is 0 Å². The van der Waals surface area contributed by atoms with Crippen LogP contribution in [0.4, 0.5) is 4.39 Å². The van der Waals surface area contributed by atoms with Crippen molar-refractivity contribution in [3.63, 3.8) is 0 Å². The molecule has 2 heterocycles. The van der Waals surface area contributed by atoms with Gasteiger partial charge < -0.3 is 15.0 Å². The van der Waals surface area contributed by atoms with Gasteiger partial charge in [-0.05, 0) is 48.5 Å². The number of nitrogens with zero attached hydrogens (tertiary/aromatic N) is 2. The molecule has 4 rings (SSSR count). The van der Waals surface area contributed by atoms with Crippen LogP contribution in [0.15, 0.2) is 53.5 Å². The number of nitrogens with one attached hydrogen (secondary N) is 1. The molecule has 1 saturated heterocycles. The second-order valence-corrected chi connectivity index (χ2v) is 6.97. The van der Waals surface area contributed by atoms with Crippen molar-refractivity contribution in [2.75, 3.05) is 20.2 Å². The number of hydrogen-bond acceptors (Lipinski definition) is 4. The van der Waals surface area contributed by atoms with E-state index < -0.39 is 5.66 Å². The van der Waals surface area contributed by atoms with Crippen LogP contribution < -0.4 is 10.1 Å². The van der Waals surface area contributed by atoms with Crippen LogP contribution in [0.3, 0.4) is 0 Å². The SMILES string of the molecule is COc1ccc(C(=O)N2CCC3(CC2)N=C(c2ccc(F)cc2)C(=O)N3)cc1. The molecule has 2 aliphatic rings. The Morgan fingerprint density at radius 2 is 1.75 bits per heavy atom. The first-order valence-corrected chi connectivity index (χ1v) is 9.11. The van der Waals surface area contributed by atoms with Gasteiger partial charge in [0, 0.05) is 37.1 Å². The Balaban J connectivity index is 1.46. The summed E-state index contributed by atoms with van der Waals surface area (Å²) >= 11 is 0. The van der Waals surface area contributed by atoms with Gasteiger partial charge in [-0.15, -0.1) is 0 Å². The maximum absolute atomic E-state index is 13.1. The Labute approximate surface area is 162 Å². The first kappa shape index (κ1) is 18.2. The topological polar surface area (TPSA) is 71.0 Å². The number of piperidine rings is 1. The van der Waals surface area contributed by atoms with Gasteiger partial charge in [0.2, 0.25) is 0 Å². The number of aliphatic imine (C=N–C) groups is 1. The van der Waals surface area contributed by atoms with Crippen molar-refractivity contribution in [3.8, 4) is 5.75 Å². The summed E-state index contributed by atoms with van der Waals surface area (Å²) in [6, 6.07) is 12.7. The molecule has 2 amide bonds. The highest BCUT2D eigenvalue weighted by Crippen LogP contribution is 2.29. The van der Waals surface area contributed by atoms with Crippen LogP contribution >= 0.6 is 0 Å². The van der Waals surface area contributed by atoms with Gasteiger partial charge in [0.25, 0.3) is 11.8 Å². The number of ether oxygens (including phenoxy) is 1. The van der Waals surface area contributed by atoms with Crippen molar-refractivity contribution >= 4 is 17.5 Å². The molecule has 0 aliphatic carbocycles. The zero-order chi connectivity index (χ0) is 19.7. The lowest BCUT2D eigenvalue weighted by molar-refractivity contribution is -0.115. The standard InChI is InChI=1S/C21H20FN3O3/c1-28-17-8-4-15(5-9-17)20(27)25-12-10-21(11-13-25)23-18(19(26)24-21)14-2-6-16(22)7-3-14/h2-9H,10-13H2,1H3,(H,24,26). The highest BCUT2D eigenvalue weighted by molar-refractivity contribution is 6.46. The fraction of sp³-hybridized carbons (Fsp3) is 0.286.